The summed E-state index contributed by atoms with van der Waals surface area (Å²) in [6.45, 7) is 6.67. The molecule has 0 saturated heterocycles. The molecule has 0 heterocycles. The van der Waals surface area contributed by atoms with Gasteiger partial charge in [-0.2, -0.15) is 0 Å². The average molecular weight is 300 g/mol. The number of hydrogen-bond acceptors (Lipinski definition) is 3. The minimum atomic E-state index is -4.08. The molecule has 0 spiro atoms. The Bertz CT molecular complexity index is 127. The molecular weight excluding hydrogens is 268 g/mol. The van der Waals surface area contributed by atoms with Crippen LogP contribution in [0.2, 0.25) is 0 Å². The summed E-state index contributed by atoms with van der Waals surface area (Å²) in [5.74, 6) is 0. The second kappa shape index (κ2) is 26.0. The monoisotopic (exact) mass is 300 g/mol. The van der Waals surface area contributed by atoms with E-state index in [2.05, 4.69) is 25.3 Å². The van der Waals surface area contributed by atoms with Gasteiger partial charge in [0.25, 0.3) is 0 Å². The van der Waals surface area contributed by atoms with Crippen molar-refractivity contribution >= 4 is 0 Å². The van der Waals surface area contributed by atoms with Crippen LogP contribution in [0, 0.1) is 0 Å². The standard InChI is InChI=1S/2C6H15N.3O.Ti/c2*1-2-3-4-5-6-7;;;;/h2*2-7H2,1H3;;;;/q;;;2*-1;/p+2. The van der Waals surface area contributed by atoms with Gasteiger partial charge in [-0.05, 0) is 25.7 Å². The topological polar surface area (TPSA) is 118 Å². The summed E-state index contributed by atoms with van der Waals surface area (Å²) >= 11 is -4.08. The number of unbranched alkanes of at least 4 members (excludes halogenated alkanes) is 6. The molecule has 18 heavy (non-hydrogen) atoms. The van der Waals surface area contributed by atoms with E-state index >= 15 is 0 Å². The summed E-state index contributed by atoms with van der Waals surface area (Å²) in [5.41, 5.74) is 7.51. The Hall–Kier alpha value is 0.354. The van der Waals surface area contributed by atoms with Crippen molar-refractivity contribution in [1.29, 1.82) is 0 Å². The van der Waals surface area contributed by atoms with Gasteiger partial charge in [0.05, 0.1) is 13.1 Å². The van der Waals surface area contributed by atoms with Crippen molar-refractivity contribution in [3.63, 3.8) is 0 Å². The van der Waals surface area contributed by atoms with Crippen molar-refractivity contribution in [3.8, 4) is 0 Å². The van der Waals surface area contributed by atoms with Crippen LogP contribution in [-0.2, 0) is 21.9 Å². The zero-order valence-corrected chi connectivity index (χ0v) is 13.8. The van der Waals surface area contributed by atoms with Crippen LogP contribution in [-0.4, -0.2) is 13.1 Å². The summed E-state index contributed by atoms with van der Waals surface area (Å²) in [5, 5.41) is 0. The summed E-state index contributed by atoms with van der Waals surface area (Å²) in [6.07, 6.45) is 10.8. The van der Waals surface area contributed by atoms with Crippen molar-refractivity contribution in [2.45, 2.75) is 65.2 Å². The van der Waals surface area contributed by atoms with Gasteiger partial charge in [-0.25, -0.2) is 0 Å². The number of rotatable bonds is 8. The molecule has 0 aliphatic carbocycles. The fraction of sp³-hybridized carbons (Fsp3) is 1.00. The van der Waals surface area contributed by atoms with Crippen LogP contribution in [0.5, 0.6) is 0 Å². The average Bonchev–Trinajstić information content (AvgIpc) is 2.31. The second-order valence-electron chi connectivity index (χ2n) is 4.08. The van der Waals surface area contributed by atoms with Crippen LogP contribution in [0.25, 0.3) is 0 Å². The van der Waals surface area contributed by atoms with Gasteiger partial charge in [-0.15, -0.1) is 0 Å². The van der Waals surface area contributed by atoms with Crippen LogP contribution in [0.3, 0.4) is 0 Å². The molecule has 0 saturated carbocycles. The van der Waals surface area contributed by atoms with Crippen LogP contribution in [0.15, 0.2) is 0 Å². The van der Waals surface area contributed by atoms with E-state index in [-0.39, 0.29) is 0 Å². The zero-order valence-electron chi connectivity index (χ0n) is 12.2. The van der Waals surface area contributed by atoms with Crippen molar-refractivity contribution in [2.75, 3.05) is 13.1 Å². The van der Waals surface area contributed by atoms with Crippen molar-refractivity contribution in [2.24, 2.45) is 0 Å². The Morgan fingerprint density at radius 2 is 1.06 bits per heavy atom. The molecule has 0 aromatic rings. The third kappa shape index (κ3) is 55.2. The van der Waals surface area contributed by atoms with E-state index < -0.39 is 18.6 Å². The molecule has 112 valence electrons. The van der Waals surface area contributed by atoms with Gasteiger partial charge in [0.1, 0.15) is 0 Å². The maximum absolute atomic E-state index is 8.58. The Kier molecular flexibility index (Phi) is 33.9. The van der Waals surface area contributed by atoms with Gasteiger partial charge in [0, 0.05) is 0 Å². The molecule has 0 amide bonds. The van der Waals surface area contributed by atoms with Crippen molar-refractivity contribution < 1.29 is 40.8 Å². The van der Waals surface area contributed by atoms with Crippen LogP contribution >= 0.6 is 0 Å². The molecule has 6 N–H and O–H groups in total. The van der Waals surface area contributed by atoms with Gasteiger partial charge < -0.3 is 11.5 Å². The fourth-order valence-electron chi connectivity index (χ4n) is 1.21. The van der Waals surface area contributed by atoms with E-state index in [0.29, 0.717) is 0 Å². The minimum absolute atomic E-state index is 1.11. The molecule has 5 nitrogen and oxygen atoms in total. The predicted octanol–water partition coefficient (Wildman–Crippen LogP) is -0.882. The van der Waals surface area contributed by atoms with Crippen LogP contribution in [0.4, 0.5) is 0 Å². The third-order valence-corrected chi connectivity index (χ3v) is 2.21. The molecular formula is C12H32N2O3Ti. The predicted molar refractivity (Wildman–Crippen MR) is 64.5 cm³/mol. The Balaban J connectivity index is -0.000000196. The van der Waals surface area contributed by atoms with Gasteiger partial charge in [-0.1, -0.05) is 39.5 Å². The second-order valence-corrected chi connectivity index (χ2v) is 4.86. The van der Waals surface area contributed by atoms with Gasteiger partial charge in [0.15, 0.2) is 0 Å². The molecule has 0 unspecified atom stereocenters. The maximum atomic E-state index is 8.58. The van der Waals surface area contributed by atoms with E-state index in [1.807, 2.05) is 0 Å². The van der Waals surface area contributed by atoms with Crippen LogP contribution in [0.1, 0.15) is 65.2 Å². The summed E-state index contributed by atoms with van der Waals surface area (Å²) in [7, 11) is 0. The SMILES string of the molecule is CCCCCC[NH3+].CCCCCC[NH3+].[O]=[Ti]([O-])[O-]. The molecule has 0 aliphatic heterocycles. The molecule has 0 aliphatic rings. The molecule has 0 fully saturated rings. The first kappa shape index (κ1) is 23.4. The van der Waals surface area contributed by atoms with Gasteiger partial charge >= 0.3 is 29.3 Å². The molecule has 0 aromatic heterocycles. The third-order valence-electron chi connectivity index (χ3n) is 2.21. The Labute approximate surface area is 119 Å². The molecule has 0 radical (unpaired) electrons. The van der Waals surface area contributed by atoms with E-state index in [4.69, 9.17) is 10.7 Å². The number of quaternary nitrogens is 2. The quantitative estimate of drug-likeness (QED) is 0.447. The van der Waals surface area contributed by atoms with Crippen molar-refractivity contribution in [1.82, 2.24) is 0 Å². The van der Waals surface area contributed by atoms with E-state index in [9.17, 15) is 0 Å². The molecule has 6 heteroatoms. The summed E-state index contributed by atoms with van der Waals surface area (Å²) in [4.78, 5) is 0. The molecule has 0 bridgehead atoms. The van der Waals surface area contributed by atoms with E-state index in [1.54, 1.807) is 0 Å². The van der Waals surface area contributed by atoms with E-state index in [0.717, 1.165) is 13.1 Å². The molecule has 0 atom stereocenters. The first-order valence-electron chi connectivity index (χ1n) is 7.03. The first-order valence-corrected chi connectivity index (χ1v) is 8.94. The van der Waals surface area contributed by atoms with Gasteiger partial charge in [-0.3, -0.25) is 0 Å². The normalized spacial score (nSPS) is 8.78. The van der Waals surface area contributed by atoms with Crippen molar-refractivity contribution in [3.05, 3.63) is 0 Å². The van der Waals surface area contributed by atoms with E-state index in [1.165, 1.54) is 51.4 Å². The fourth-order valence-corrected chi connectivity index (χ4v) is 1.21. The molecule has 0 aromatic carbocycles. The first-order chi connectivity index (χ1) is 8.56. The number of hydrogen-bond donors (Lipinski definition) is 2. The molecule has 0 rings (SSSR count). The van der Waals surface area contributed by atoms with Crippen LogP contribution < -0.4 is 18.8 Å². The Morgan fingerprint density at radius 1 is 0.778 bits per heavy atom. The van der Waals surface area contributed by atoms with Gasteiger partial charge in [0.2, 0.25) is 0 Å². The summed E-state index contributed by atoms with van der Waals surface area (Å²) in [6, 6.07) is 0. The Morgan fingerprint density at radius 3 is 1.22 bits per heavy atom. The zero-order chi connectivity index (χ0) is 14.6. The summed E-state index contributed by atoms with van der Waals surface area (Å²) < 4.78 is 25.8.